The molecule has 3 fully saturated rings. The van der Waals surface area contributed by atoms with E-state index < -0.39 is 0 Å². The van der Waals surface area contributed by atoms with Crippen molar-refractivity contribution < 1.29 is 4.74 Å². The van der Waals surface area contributed by atoms with Crippen LogP contribution < -0.4 is 4.90 Å². The predicted molar refractivity (Wildman–Crippen MR) is 121 cm³/mol. The number of ether oxygens (including phenoxy) is 1. The molecule has 0 radical (unpaired) electrons. The van der Waals surface area contributed by atoms with Gasteiger partial charge in [0.15, 0.2) is 5.82 Å². The minimum Gasteiger partial charge on any atom is -0.373 e. The zero-order chi connectivity index (χ0) is 21.9. The third kappa shape index (κ3) is 2.99. The molecule has 8 nitrogen and oxygen atoms in total. The molecule has 3 aromatic rings. The second-order valence-electron chi connectivity index (χ2n) is 9.37. The van der Waals surface area contributed by atoms with Gasteiger partial charge in [0.05, 0.1) is 42.0 Å². The fraction of sp³-hybridized carbons (Fsp3) is 0.500. The first kappa shape index (κ1) is 19.6. The minimum absolute atomic E-state index is 0.213. The summed E-state index contributed by atoms with van der Waals surface area (Å²) in [7, 11) is 2.17. The Morgan fingerprint density at radius 1 is 1.16 bits per heavy atom. The molecule has 2 atom stereocenters. The maximum Gasteiger partial charge on any atom is 0.159 e. The fourth-order valence-electron chi connectivity index (χ4n) is 5.35. The molecule has 2 aromatic heterocycles. The number of rotatable bonds is 3. The Kier molecular flexibility index (Phi) is 4.46. The largest absolute Gasteiger partial charge is 0.373 e. The van der Waals surface area contributed by atoms with Crippen molar-refractivity contribution in [2.24, 2.45) is 0 Å². The van der Waals surface area contributed by atoms with E-state index in [4.69, 9.17) is 14.7 Å². The van der Waals surface area contributed by atoms with Crippen molar-refractivity contribution in [2.45, 2.75) is 43.7 Å². The third-order valence-electron chi connectivity index (χ3n) is 7.48. The second kappa shape index (κ2) is 7.26. The van der Waals surface area contributed by atoms with Gasteiger partial charge in [-0.2, -0.15) is 10.4 Å². The van der Waals surface area contributed by atoms with E-state index in [0.29, 0.717) is 11.9 Å². The first-order chi connectivity index (χ1) is 15.6. The van der Waals surface area contributed by atoms with Gasteiger partial charge >= 0.3 is 0 Å². The number of aryl methyl sites for hydroxylation is 1. The number of fused-ring (bicyclic) bond motifs is 2. The molecule has 0 spiro atoms. The van der Waals surface area contributed by atoms with Crippen LogP contribution in [0.2, 0.25) is 0 Å². The van der Waals surface area contributed by atoms with Crippen molar-refractivity contribution in [1.82, 2.24) is 24.6 Å². The Morgan fingerprint density at radius 3 is 2.75 bits per heavy atom. The monoisotopic (exact) mass is 429 g/mol. The van der Waals surface area contributed by atoms with Gasteiger partial charge in [0.2, 0.25) is 0 Å². The van der Waals surface area contributed by atoms with Gasteiger partial charge in [-0.05, 0) is 44.9 Å². The molecular formula is C24H27N7O. The molecule has 32 heavy (non-hydrogen) atoms. The molecule has 3 aliphatic rings. The molecule has 1 aliphatic carbocycles. The Bertz CT molecular complexity index is 1220. The number of benzene rings is 1. The first-order valence-corrected chi connectivity index (χ1v) is 11.4. The Morgan fingerprint density at radius 2 is 2.00 bits per heavy atom. The van der Waals surface area contributed by atoms with E-state index in [-0.39, 0.29) is 11.5 Å². The first-order valence-electron chi connectivity index (χ1n) is 11.4. The molecule has 164 valence electrons. The summed E-state index contributed by atoms with van der Waals surface area (Å²) < 4.78 is 7.90. The van der Waals surface area contributed by atoms with Gasteiger partial charge < -0.3 is 9.64 Å². The van der Waals surface area contributed by atoms with Gasteiger partial charge in [0.25, 0.3) is 0 Å². The summed E-state index contributed by atoms with van der Waals surface area (Å²) in [6.45, 7) is 5.40. The Hall–Kier alpha value is -3.02. The smallest absolute Gasteiger partial charge is 0.159 e. The van der Waals surface area contributed by atoms with E-state index >= 15 is 0 Å². The molecule has 0 amide bonds. The summed E-state index contributed by atoms with van der Waals surface area (Å²) in [6, 6.07) is 11.2. The summed E-state index contributed by atoms with van der Waals surface area (Å²) in [5, 5.41) is 15.5. The SMILES string of the molecule is Cc1nc(N2CC3[C@H](C2)OCCN3C)cc(-n2ncc3ccc(C4(C#N)CCC4)cc32)n1. The molecule has 8 heteroatoms. The number of nitrogens with zero attached hydrogens (tertiary/aromatic N) is 7. The summed E-state index contributed by atoms with van der Waals surface area (Å²) in [4.78, 5) is 14.1. The number of nitriles is 1. The van der Waals surface area contributed by atoms with Gasteiger partial charge in [-0.1, -0.05) is 12.1 Å². The average Bonchev–Trinajstić information content (AvgIpc) is 3.38. The highest BCUT2D eigenvalue weighted by Crippen LogP contribution is 2.44. The normalized spacial score (nSPS) is 24.8. The van der Waals surface area contributed by atoms with Gasteiger partial charge in [0.1, 0.15) is 11.6 Å². The van der Waals surface area contributed by atoms with E-state index in [1.165, 1.54) is 0 Å². The molecule has 2 saturated heterocycles. The van der Waals surface area contributed by atoms with E-state index in [0.717, 1.165) is 73.6 Å². The van der Waals surface area contributed by atoms with E-state index in [1.807, 2.05) is 23.9 Å². The highest BCUT2D eigenvalue weighted by Gasteiger charge is 2.40. The zero-order valence-electron chi connectivity index (χ0n) is 18.5. The number of aromatic nitrogens is 4. The lowest BCUT2D eigenvalue weighted by atomic mass is 9.65. The molecular weight excluding hydrogens is 402 g/mol. The number of morpholine rings is 1. The van der Waals surface area contributed by atoms with Crippen LogP contribution in [0, 0.1) is 18.3 Å². The lowest BCUT2D eigenvalue weighted by molar-refractivity contribution is -0.0362. The van der Waals surface area contributed by atoms with Crippen LogP contribution in [0.3, 0.4) is 0 Å². The number of anilines is 1. The van der Waals surface area contributed by atoms with Crippen LogP contribution in [-0.4, -0.2) is 70.1 Å². The maximum absolute atomic E-state index is 9.79. The molecule has 1 saturated carbocycles. The van der Waals surface area contributed by atoms with Crippen LogP contribution in [0.4, 0.5) is 5.82 Å². The van der Waals surface area contributed by atoms with E-state index in [1.54, 1.807) is 0 Å². The fourth-order valence-corrected chi connectivity index (χ4v) is 5.35. The molecule has 0 bridgehead atoms. The second-order valence-corrected chi connectivity index (χ2v) is 9.37. The van der Waals surface area contributed by atoms with Crippen LogP contribution in [-0.2, 0) is 10.2 Å². The van der Waals surface area contributed by atoms with Crippen LogP contribution in [0.1, 0.15) is 30.7 Å². The predicted octanol–water partition coefficient (Wildman–Crippen LogP) is 2.59. The quantitative estimate of drug-likeness (QED) is 0.633. The van der Waals surface area contributed by atoms with E-state index in [2.05, 4.69) is 46.2 Å². The number of hydrogen-bond acceptors (Lipinski definition) is 7. The highest BCUT2D eigenvalue weighted by molar-refractivity contribution is 5.81. The zero-order valence-corrected chi connectivity index (χ0v) is 18.5. The third-order valence-corrected chi connectivity index (χ3v) is 7.48. The summed E-state index contributed by atoms with van der Waals surface area (Å²) in [5.74, 6) is 2.38. The lowest BCUT2D eigenvalue weighted by Gasteiger charge is -2.35. The highest BCUT2D eigenvalue weighted by atomic mass is 16.5. The standard InChI is InChI=1S/C24H27N7O/c1-16-27-22(30-13-20-21(14-30)32-9-8-29(20)2)11-23(28-16)31-19-10-18(5-4-17(19)12-26-31)24(15-25)6-3-7-24/h4-5,10-12,20-21H,3,6-9,13-14H2,1-2H3/t20?,21-/m0/s1. The van der Waals surface area contributed by atoms with E-state index in [9.17, 15) is 5.26 Å². The van der Waals surface area contributed by atoms with Crippen LogP contribution >= 0.6 is 0 Å². The van der Waals surface area contributed by atoms with Crippen molar-refractivity contribution in [3.05, 3.63) is 41.9 Å². The van der Waals surface area contributed by atoms with Gasteiger partial charge in [-0.15, -0.1) is 0 Å². The van der Waals surface area contributed by atoms with Crippen LogP contribution in [0.25, 0.3) is 16.7 Å². The van der Waals surface area contributed by atoms with Crippen molar-refractivity contribution in [3.8, 4) is 11.9 Å². The van der Waals surface area contributed by atoms with Gasteiger partial charge in [-0.25, -0.2) is 14.6 Å². The summed E-state index contributed by atoms with van der Waals surface area (Å²) in [5.41, 5.74) is 1.70. The summed E-state index contributed by atoms with van der Waals surface area (Å²) in [6.07, 6.45) is 5.03. The maximum atomic E-state index is 9.79. The van der Waals surface area contributed by atoms with Crippen LogP contribution in [0.15, 0.2) is 30.5 Å². The van der Waals surface area contributed by atoms with Gasteiger partial charge in [0, 0.05) is 31.1 Å². The topological polar surface area (TPSA) is 83.1 Å². The summed E-state index contributed by atoms with van der Waals surface area (Å²) >= 11 is 0. The van der Waals surface area contributed by atoms with Crippen molar-refractivity contribution in [2.75, 3.05) is 38.2 Å². The Labute approximate surface area is 187 Å². The van der Waals surface area contributed by atoms with Crippen molar-refractivity contribution >= 4 is 16.7 Å². The van der Waals surface area contributed by atoms with Crippen molar-refractivity contribution in [1.29, 1.82) is 5.26 Å². The Balaban J connectivity index is 1.38. The number of hydrogen-bond donors (Lipinski definition) is 0. The molecule has 1 aromatic carbocycles. The molecule has 6 rings (SSSR count). The molecule has 2 aliphatic heterocycles. The molecule has 0 N–H and O–H groups in total. The van der Waals surface area contributed by atoms with Crippen LogP contribution in [0.5, 0.6) is 0 Å². The number of likely N-dealkylation sites (N-methyl/N-ethyl adjacent to an activating group) is 1. The minimum atomic E-state index is -0.353. The van der Waals surface area contributed by atoms with Crippen molar-refractivity contribution in [3.63, 3.8) is 0 Å². The molecule has 4 heterocycles. The van der Waals surface area contributed by atoms with Gasteiger partial charge in [-0.3, -0.25) is 4.90 Å². The average molecular weight is 430 g/mol. The molecule has 1 unspecified atom stereocenters. The lowest BCUT2D eigenvalue weighted by Crippen LogP contribution is -2.48.